The molecule has 1 saturated carbocycles. The van der Waals surface area contributed by atoms with E-state index in [1.54, 1.807) is 18.2 Å². The fraction of sp³-hybridized carbons (Fsp3) is 0.619. The molecular weight excluding hydrogens is 422 g/mol. The van der Waals surface area contributed by atoms with Crippen LogP contribution in [0.3, 0.4) is 0 Å². The van der Waals surface area contributed by atoms with Gasteiger partial charge in [-0.2, -0.15) is 4.31 Å². The third kappa shape index (κ3) is 4.68. The van der Waals surface area contributed by atoms with E-state index in [-0.39, 0.29) is 35.0 Å². The van der Waals surface area contributed by atoms with E-state index in [0.717, 1.165) is 43.4 Å². The van der Waals surface area contributed by atoms with Crippen molar-refractivity contribution in [1.82, 2.24) is 9.62 Å². The monoisotopic (exact) mass is 451 g/mol. The Balaban J connectivity index is 1.49. The molecule has 1 N–H and O–H groups in total. The summed E-state index contributed by atoms with van der Waals surface area (Å²) in [5, 5.41) is 3.09. The van der Waals surface area contributed by atoms with Crippen LogP contribution in [0.2, 0.25) is 0 Å². The van der Waals surface area contributed by atoms with E-state index in [4.69, 9.17) is 0 Å². The highest BCUT2D eigenvalue weighted by molar-refractivity contribution is 8.00. The molecule has 1 saturated heterocycles. The lowest BCUT2D eigenvalue weighted by Gasteiger charge is -2.29. The van der Waals surface area contributed by atoms with Crippen molar-refractivity contribution in [3.8, 4) is 0 Å². The van der Waals surface area contributed by atoms with Crippen molar-refractivity contribution in [2.45, 2.75) is 67.2 Å². The molecule has 2 amide bonds. The Bertz CT molecular complexity index is 905. The zero-order valence-corrected chi connectivity index (χ0v) is 18.8. The van der Waals surface area contributed by atoms with Crippen LogP contribution in [-0.4, -0.2) is 56.0 Å². The summed E-state index contributed by atoms with van der Waals surface area (Å²) in [7, 11) is -3.51. The van der Waals surface area contributed by atoms with Gasteiger partial charge in [-0.05, 0) is 43.9 Å². The van der Waals surface area contributed by atoms with Crippen molar-refractivity contribution >= 4 is 39.3 Å². The second-order valence-electron chi connectivity index (χ2n) is 8.27. The highest BCUT2D eigenvalue weighted by Crippen LogP contribution is 2.37. The zero-order valence-electron chi connectivity index (χ0n) is 17.1. The topological polar surface area (TPSA) is 86.8 Å². The molecular formula is C21H29N3O4S2. The number of fused-ring (bicyclic) bond motifs is 1. The Kier molecular flexibility index (Phi) is 6.69. The average molecular weight is 452 g/mol. The molecule has 1 aromatic carbocycles. The molecule has 7 nitrogen and oxygen atoms in total. The summed E-state index contributed by atoms with van der Waals surface area (Å²) in [4.78, 5) is 27.6. The lowest BCUT2D eigenvalue weighted by Crippen LogP contribution is -2.46. The van der Waals surface area contributed by atoms with Gasteiger partial charge in [-0.15, -0.1) is 11.8 Å². The van der Waals surface area contributed by atoms with Gasteiger partial charge < -0.3 is 10.2 Å². The quantitative estimate of drug-likeness (QED) is 0.696. The summed E-state index contributed by atoms with van der Waals surface area (Å²) in [5.41, 5.74) is 0.618. The van der Waals surface area contributed by atoms with E-state index in [1.807, 2.05) is 0 Å². The molecule has 0 radical (unpaired) electrons. The summed E-state index contributed by atoms with van der Waals surface area (Å²) in [6, 6.07) is 5.06. The average Bonchev–Trinajstić information content (AvgIpc) is 3.17. The van der Waals surface area contributed by atoms with Gasteiger partial charge in [0.25, 0.3) is 0 Å². The Morgan fingerprint density at radius 3 is 2.47 bits per heavy atom. The molecule has 9 heteroatoms. The number of sulfonamides is 1. The lowest BCUT2D eigenvalue weighted by molar-refractivity contribution is -0.123. The van der Waals surface area contributed by atoms with Crippen molar-refractivity contribution in [3.63, 3.8) is 0 Å². The van der Waals surface area contributed by atoms with E-state index in [9.17, 15) is 18.0 Å². The standard InChI is InChI=1S/C21H29N3O4S2/c25-20(22-16-7-3-1-2-4-8-16)14-24-18-10-9-17(13-19(18)29-15-21(24)26)30(27,28)23-11-5-6-12-23/h9-10,13,16H,1-8,11-12,14-15H2,(H,22,25). The summed E-state index contributed by atoms with van der Waals surface area (Å²) >= 11 is 1.33. The number of hydrogen-bond acceptors (Lipinski definition) is 5. The number of amides is 2. The molecule has 0 atom stereocenters. The Morgan fingerprint density at radius 1 is 1.07 bits per heavy atom. The highest BCUT2D eigenvalue weighted by Gasteiger charge is 2.31. The molecule has 2 fully saturated rings. The van der Waals surface area contributed by atoms with Crippen LogP contribution in [0.5, 0.6) is 0 Å². The number of hydrogen-bond donors (Lipinski definition) is 1. The largest absolute Gasteiger partial charge is 0.352 e. The van der Waals surface area contributed by atoms with Crippen LogP contribution in [0.1, 0.15) is 51.4 Å². The first-order chi connectivity index (χ1) is 14.4. The molecule has 2 heterocycles. The van der Waals surface area contributed by atoms with Crippen LogP contribution in [0, 0.1) is 0 Å². The minimum atomic E-state index is -3.51. The normalized spacial score (nSPS) is 21.3. The summed E-state index contributed by atoms with van der Waals surface area (Å²) in [6.07, 6.45) is 8.43. The van der Waals surface area contributed by atoms with Crippen LogP contribution in [0.25, 0.3) is 0 Å². The molecule has 2 aliphatic heterocycles. The van der Waals surface area contributed by atoms with Gasteiger partial charge in [0.1, 0.15) is 6.54 Å². The molecule has 0 spiro atoms. The SMILES string of the molecule is O=C(CN1C(=O)CSc2cc(S(=O)(=O)N3CCCC3)ccc21)NC1CCCCCC1. The van der Waals surface area contributed by atoms with Gasteiger partial charge in [0.05, 0.1) is 16.3 Å². The second kappa shape index (κ2) is 9.28. The third-order valence-electron chi connectivity index (χ3n) is 6.10. The molecule has 0 aromatic heterocycles. The minimum absolute atomic E-state index is 0.0267. The van der Waals surface area contributed by atoms with Crippen LogP contribution >= 0.6 is 11.8 Å². The summed E-state index contributed by atoms with van der Waals surface area (Å²) in [5.74, 6) is -0.0720. The molecule has 1 aromatic rings. The maximum absolute atomic E-state index is 12.9. The molecule has 4 rings (SSSR count). The number of nitrogens with one attached hydrogen (secondary N) is 1. The molecule has 0 bridgehead atoms. The third-order valence-corrected chi connectivity index (χ3v) is 9.02. The van der Waals surface area contributed by atoms with E-state index in [2.05, 4.69) is 5.32 Å². The Morgan fingerprint density at radius 2 is 1.77 bits per heavy atom. The Labute approximate surface area is 182 Å². The number of rotatable bonds is 5. The van der Waals surface area contributed by atoms with Gasteiger partial charge in [-0.3, -0.25) is 9.59 Å². The van der Waals surface area contributed by atoms with Gasteiger partial charge in [0.2, 0.25) is 21.8 Å². The fourth-order valence-electron chi connectivity index (χ4n) is 4.44. The lowest BCUT2D eigenvalue weighted by atomic mass is 10.1. The highest BCUT2D eigenvalue weighted by atomic mass is 32.2. The number of benzene rings is 1. The van der Waals surface area contributed by atoms with Crippen molar-refractivity contribution < 1.29 is 18.0 Å². The van der Waals surface area contributed by atoms with Gasteiger partial charge >= 0.3 is 0 Å². The maximum Gasteiger partial charge on any atom is 0.243 e. The van der Waals surface area contributed by atoms with Crippen molar-refractivity contribution in [2.75, 3.05) is 30.3 Å². The minimum Gasteiger partial charge on any atom is -0.352 e. The summed E-state index contributed by atoms with van der Waals surface area (Å²) in [6.45, 7) is 1.08. The Hall–Kier alpha value is -1.58. The molecule has 164 valence electrons. The van der Waals surface area contributed by atoms with Crippen LogP contribution in [0.4, 0.5) is 5.69 Å². The number of thioether (sulfide) groups is 1. The second-order valence-corrected chi connectivity index (χ2v) is 11.2. The van der Waals surface area contributed by atoms with Crippen molar-refractivity contribution in [3.05, 3.63) is 18.2 Å². The first kappa shape index (κ1) is 21.6. The summed E-state index contributed by atoms with van der Waals surface area (Å²) < 4.78 is 27.2. The van der Waals surface area contributed by atoms with E-state index in [1.165, 1.54) is 33.8 Å². The van der Waals surface area contributed by atoms with E-state index < -0.39 is 10.0 Å². The van der Waals surface area contributed by atoms with Crippen molar-refractivity contribution in [2.24, 2.45) is 0 Å². The number of carbonyl (C=O) groups is 2. The maximum atomic E-state index is 12.9. The first-order valence-electron chi connectivity index (χ1n) is 10.8. The van der Waals surface area contributed by atoms with Crippen molar-refractivity contribution in [1.29, 1.82) is 0 Å². The van der Waals surface area contributed by atoms with Gasteiger partial charge in [0, 0.05) is 24.0 Å². The predicted octanol–water partition coefficient (Wildman–Crippen LogP) is 2.75. The molecule has 1 aliphatic carbocycles. The van der Waals surface area contributed by atoms with Crippen LogP contribution in [-0.2, 0) is 19.6 Å². The number of carbonyl (C=O) groups excluding carboxylic acids is 2. The van der Waals surface area contributed by atoms with Gasteiger partial charge in [0.15, 0.2) is 0 Å². The zero-order chi connectivity index (χ0) is 21.1. The molecule has 0 unspecified atom stereocenters. The van der Waals surface area contributed by atoms with Crippen LogP contribution < -0.4 is 10.2 Å². The molecule has 30 heavy (non-hydrogen) atoms. The fourth-order valence-corrected chi connectivity index (χ4v) is 7.03. The number of nitrogens with zero attached hydrogens (tertiary/aromatic N) is 2. The van der Waals surface area contributed by atoms with Gasteiger partial charge in [-0.1, -0.05) is 25.7 Å². The molecule has 3 aliphatic rings. The smallest absolute Gasteiger partial charge is 0.243 e. The van der Waals surface area contributed by atoms with E-state index >= 15 is 0 Å². The van der Waals surface area contributed by atoms with E-state index in [0.29, 0.717) is 18.8 Å². The predicted molar refractivity (Wildman–Crippen MR) is 117 cm³/mol. The van der Waals surface area contributed by atoms with Crippen LogP contribution in [0.15, 0.2) is 28.0 Å². The first-order valence-corrected chi connectivity index (χ1v) is 13.2. The number of anilines is 1. The van der Waals surface area contributed by atoms with Gasteiger partial charge in [-0.25, -0.2) is 8.42 Å².